The molecule has 0 saturated carbocycles. The van der Waals surface area contributed by atoms with Crippen molar-refractivity contribution in [2.24, 2.45) is 0 Å². The third-order valence-electron chi connectivity index (χ3n) is 5.99. The van der Waals surface area contributed by atoms with Crippen molar-refractivity contribution in [1.29, 1.82) is 0 Å². The summed E-state index contributed by atoms with van der Waals surface area (Å²) < 4.78 is 2.16. The number of likely N-dealkylation sites (tertiary alicyclic amines) is 1. The molecule has 140 valence electrons. The molecule has 1 unspecified atom stereocenters. The Balaban J connectivity index is 1.25. The molecular weight excluding hydrogens is 334 g/mol. The van der Waals surface area contributed by atoms with Crippen molar-refractivity contribution >= 4 is 11.0 Å². The number of imidazole rings is 1. The van der Waals surface area contributed by atoms with Crippen molar-refractivity contribution in [2.75, 3.05) is 39.3 Å². The second kappa shape index (κ2) is 7.43. The van der Waals surface area contributed by atoms with Gasteiger partial charge in [0.05, 0.1) is 11.0 Å². The molecule has 2 saturated heterocycles. The van der Waals surface area contributed by atoms with E-state index in [1.165, 1.54) is 43.9 Å². The lowest BCUT2D eigenvalue weighted by molar-refractivity contribution is 0.170. The molecule has 27 heavy (non-hydrogen) atoms. The van der Waals surface area contributed by atoms with E-state index in [1.807, 2.05) is 12.4 Å². The van der Waals surface area contributed by atoms with Gasteiger partial charge in [0.25, 0.3) is 0 Å². The average molecular weight is 361 g/mol. The Bertz CT molecular complexity index is 894. The van der Waals surface area contributed by atoms with Crippen LogP contribution in [-0.4, -0.2) is 64.7 Å². The van der Waals surface area contributed by atoms with Gasteiger partial charge in [-0.1, -0.05) is 24.3 Å². The maximum absolute atomic E-state index is 4.50. The Morgan fingerprint density at radius 1 is 0.963 bits per heavy atom. The molecule has 5 heteroatoms. The van der Waals surface area contributed by atoms with Gasteiger partial charge in [0.15, 0.2) is 0 Å². The number of nitrogens with one attached hydrogen (secondary N) is 1. The molecule has 3 aromatic rings. The fourth-order valence-electron chi connectivity index (χ4n) is 4.49. The first kappa shape index (κ1) is 16.9. The third-order valence-corrected chi connectivity index (χ3v) is 5.99. The van der Waals surface area contributed by atoms with E-state index in [0.717, 1.165) is 36.7 Å². The Hall–Kier alpha value is -2.21. The van der Waals surface area contributed by atoms with Gasteiger partial charge < -0.3 is 5.32 Å². The van der Waals surface area contributed by atoms with Gasteiger partial charge >= 0.3 is 0 Å². The van der Waals surface area contributed by atoms with E-state index >= 15 is 0 Å². The molecule has 5 nitrogen and oxygen atoms in total. The van der Waals surface area contributed by atoms with Gasteiger partial charge in [-0.25, -0.2) is 4.98 Å². The fourth-order valence-corrected chi connectivity index (χ4v) is 4.49. The highest BCUT2D eigenvalue weighted by atomic mass is 15.3. The van der Waals surface area contributed by atoms with Gasteiger partial charge in [0.1, 0.15) is 6.33 Å². The fraction of sp³-hybridized carbons (Fsp3) is 0.409. The molecule has 1 aromatic heterocycles. The predicted octanol–water partition coefficient (Wildman–Crippen LogP) is 2.50. The van der Waals surface area contributed by atoms with Crippen LogP contribution in [0.4, 0.5) is 0 Å². The largest absolute Gasteiger partial charge is 0.314 e. The molecule has 2 aliphatic rings. The minimum absolute atomic E-state index is 0.740. The van der Waals surface area contributed by atoms with E-state index in [9.17, 15) is 0 Å². The lowest BCUT2D eigenvalue weighted by Crippen LogP contribution is -2.49. The maximum Gasteiger partial charge on any atom is 0.100 e. The van der Waals surface area contributed by atoms with Gasteiger partial charge in [-0.05, 0) is 36.2 Å². The smallest absolute Gasteiger partial charge is 0.100 e. The van der Waals surface area contributed by atoms with Crippen LogP contribution in [0.2, 0.25) is 0 Å². The summed E-state index contributed by atoms with van der Waals surface area (Å²) in [6.07, 6.45) is 3.22. The van der Waals surface area contributed by atoms with Crippen LogP contribution in [-0.2, 0) is 6.54 Å². The van der Waals surface area contributed by atoms with Crippen molar-refractivity contribution in [2.45, 2.75) is 19.0 Å². The lowest BCUT2D eigenvalue weighted by Gasteiger charge is -2.32. The molecule has 5 rings (SSSR count). The van der Waals surface area contributed by atoms with Crippen LogP contribution in [0.3, 0.4) is 0 Å². The predicted molar refractivity (Wildman–Crippen MR) is 109 cm³/mol. The van der Waals surface area contributed by atoms with Crippen LogP contribution in [0.1, 0.15) is 12.0 Å². The first-order valence-corrected chi connectivity index (χ1v) is 10.1. The highest BCUT2D eigenvalue weighted by Crippen LogP contribution is 2.21. The van der Waals surface area contributed by atoms with Crippen molar-refractivity contribution in [3.63, 3.8) is 0 Å². The topological polar surface area (TPSA) is 36.3 Å². The molecule has 1 N–H and O–H groups in total. The zero-order chi connectivity index (χ0) is 18.1. The minimum atomic E-state index is 0.740. The molecule has 1 atom stereocenters. The van der Waals surface area contributed by atoms with Crippen LogP contribution in [0.5, 0.6) is 0 Å². The summed E-state index contributed by atoms with van der Waals surface area (Å²) >= 11 is 0. The SMILES string of the molecule is c1ccc2c(c1)ncn2-c1ccc(CN2CCC(N3CCNCC3)C2)cc1. The second-order valence-electron chi connectivity index (χ2n) is 7.73. The summed E-state index contributed by atoms with van der Waals surface area (Å²) in [5.41, 5.74) is 4.76. The molecule has 0 amide bonds. The molecule has 2 aliphatic heterocycles. The number of benzene rings is 2. The summed E-state index contributed by atoms with van der Waals surface area (Å²) in [4.78, 5) is 9.77. The summed E-state index contributed by atoms with van der Waals surface area (Å²) in [5.74, 6) is 0. The van der Waals surface area contributed by atoms with E-state index in [0.29, 0.717) is 0 Å². The summed E-state index contributed by atoms with van der Waals surface area (Å²) in [6, 6.07) is 18.0. The maximum atomic E-state index is 4.50. The van der Waals surface area contributed by atoms with Crippen LogP contribution in [0.15, 0.2) is 54.9 Å². The van der Waals surface area contributed by atoms with Crippen LogP contribution in [0, 0.1) is 0 Å². The molecule has 0 aliphatic carbocycles. The molecular formula is C22H27N5. The Morgan fingerprint density at radius 2 is 1.78 bits per heavy atom. The molecule has 3 heterocycles. The van der Waals surface area contributed by atoms with Gasteiger partial charge in [-0.3, -0.25) is 14.4 Å². The van der Waals surface area contributed by atoms with Crippen LogP contribution < -0.4 is 5.32 Å². The number of para-hydroxylation sites is 2. The van der Waals surface area contributed by atoms with Crippen molar-refractivity contribution in [3.8, 4) is 5.69 Å². The number of hydrogen-bond acceptors (Lipinski definition) is 4. The highest BCUT2D eigenvalue weighted by molar-refractivity contribution is 5.77. The summed E-state index contributed by atoms with van der Waals surface area (Å²) in [6.45, 7) is 8.14. The number of nitrogens with zero attached hydrogens (tertiary/aromatic N) is 4. The van der Waals surface area contributed by atoms with Gasteiger partial charge in [-0.15, -0.1) is 0 Å². The number of aromatic nitrogens is 2. The van der Waals surface area contributed by atoms with E-state index in [-0.39, 0.29) is 0 Å². The van der Waals surface area contributed by atoms with Crippen molar-refractivity contribution in [3.05, 3.63) is 60.4 Å². The molecule has 2 aromatic carbocycles. The third kappa shape index (κ3) is 3.50. The van der Waals surface area contributed by atoms with E-state index in [1.54, 1.807) is 0 Å². The zero-order valence-electron chi connectivity index (χ0n) is 15.7. The molecule has 2 fully saturated rings. The Kier molecular flexibility index (Phi) is 4.66. The van der Waals surface area contributed by atoms with Gasteiger partial charge in [0.2, 0.25) is 0 Å². The average Bonchev–Trinajstić information content (AvgIpc) is 3.37. The minimum Gasteiger partial charge on any atom is -0.314 e. The standard InChI is InChI=1S/C22H27N5/c1-2-4-22-21(3-1)24-17-27(22)19-7-5-18(6-8-19)15-25-12-9-20(16-25)26-13-10-23-11-14-26/h1-8,17,20,23H,9-16H2. The second-order valence-corrected chi connectivity index (χ2v) is 7.73. The van der Waals surface area contributed by atoms with Crippen LogP contribution in [0.25, 0.3) is 16.7 Å². The number of hydrogen-bond donors (Lipinski definition) is 1. The van der Waals surface area contributed by atoms with E-state index < -0.39 is 0 Å². The number of rotatable bonds is 4. The normalized spacial score (nSPS) is 21.9. The van der Waals surface area contributed by atoms with Crippen LogP contribution >= 0.6 is 0 Å². The van der Waals surface area contributed by atoms with E-state index in [2.05, 4.69) is 67.1 Å². The summed E-state index contributed by atoms with van der Waals surface area (Å²) in [7, 11) is 0. The van der Waals surface area contributed by atoms with E-state index in [4.69, 9.17) is 0 Å². The first-order valence-electron chi connectivity index (χ1n) is 10.1. The molecule has 0 spiro atoms. The monoisotopic (exact) mass is 361 g/mol. The number of piperazine rings is 1. The van der Waals surface area contributed by atoms with Crippen molar-refractivity contribution < 1.29 is 0 Å². The highest BCUT2D eigenvalue weighted by Gasteiger charge is 2.28. The zero-order valence-corrected chi connectivity index (χ0v) is 15.7. The van der Waals surface area contributed by atoms with Crippen molar-refractivity contribution in [1.82, 2.24) is 24.7 Å². The summed E-state index contributed by atoms with van der Waals surface area (Å²) in [5, 5.41) is 3.46. The molecule has 0 radical (unpaired) electrons. The number of fused-ring (bicyclic) bond motifs is 1. The lowest BCUT2D eigenvalue weighted by atomic mass is 10.2. The Labute approximate surface area is 160 Å². The first-order chi connectivity index (χ1) is 13.4. The van der Waals surface area contributed by atoms with Gasteiger partial charge in [-0.2, -0.15) is 0 Å². The quantitative estimate of drug-likeness (QED) is 0.775. The molecule has 0 bridgehead atoms. The Morgan fingerprint density at radius 3 is 2.63 bits per heavy atom. The van der Waals surface area contributed by atoms with Gasteiger partial charge in [0, 0.05) is 57.5 Å².